The number of rotatable bonds is 13. The van der Waals surface area contributed by atoms with Gasteiger partial charge in [-0.3, -0.25) is 27.7 Å². The van der Waals surface area contributed by atoms with Gasteiger partial charge in [-0.1, -0.05) is 27.7 Å². The van der Waals surface area contributed by atoms with E-state index in [0.717, 1.165) is 34.9 Å². The van der Waals surface area contributed by atoms with Crippen molar-refractivity contribution in [2.75, 3.05) is 18.5 Å². The number of carbonyl (C=O) groups is 1. The van der Waals surface area contributed by atoms with Gasteiger partial charge in [0.1, 0.15) is 24.0 Å². The van der Waals surface area contributed by atoms with Crippen molar-refractivity contribution >= 4 is 19.4 Å². The zero-order valence-corrected chi connectivity index (χ0v) is 25.1. The van der Waals surface area contributed by atoms with Crippen LogP contribution in [0.1, 0.15) is 49.2 Å². The number of phosphoric acid groups is 1. The highest BCUT2D eigenvalue weighted by molar-refractivity contribution is 7.48. The summed E-state index contributed by atoms with van der Waals surface area (Å²) in [6.45, 7) is 8.64. The summed E-state index contributed by atoms with van der Waals surface area (Å²) in [7, 11) is -3.99. The standard InChI is InChI=1S/C29H33F4N2O7P/c1-18(2)15-39-43(38,40-16-19(3)4)41-17-35-11-10-23(14-27(35)36)34-28(37)24-8-6-21(29(31,32)33)13-26(24)42-25-9-7-22(30)12-20(25)5/h6-14,18-19H,15-17H2,1-5H3,(H,34,37). The smallest absolute Gasteiger partial charge is 0.456 e. The summed E-state index contributed by atoms with van der Waals surface area (Å²) < 4.78 is 89.5. The SMILES string of the molecule is Cc1cc(F)ccc1Oc1cc(C(F)(F)F)ccc1C(=O)Nc1ccn(COP(=O)(OCC(C)C)OCC(C)C)c(=O)c1. The third kappa shape index (κ3) is 10.0. The molecule has 1 N–H and O–H groups in total. The Balaban J connectivity index is 1.80. The molecule has 0 fully saturated rings. The molecule has 1 amide bonds. The molecule has 0 aliphatic heterocycles. The van der Waals surface area contributed by atoms with Crippen LogP contribution in [0.5, 0.6) is 11.5 Å². The molecule has 0 bridgehead atoms. The number of ether oxygens (including phenoxy) is 1. The van der Waals surface area contributed by atoms with Crippen molar-refractivity contribution in [3.05, 3.63) is 87.6 Å². The molecule has 0 aliphatic carbocycles. The van der Waals surface area contributed by atoms with Crippen LogP contribution in [0.4, 0.5) is 23.2 Å². The van der Waals surface area contributed by atoms with Gasteiger partial charge >= 0.3 is 14.0 Å². The van der Waals surface area contributed by atoms with E-state index in [1.165, 1.54) is 25.3 Å². The maximum Gasteiger partial charge on any atom is 0.476 e. The minimum Gasteiger partial charge on any atom is -0.456 e. The molecular weight excluding hydrogens is 595 g/mol. The van der Waals surface area contributed by atoms with Gasteiger partial charge in [-0.2, -0.15) is 13.2 Å². The van der Waals surface area contributed by atoms with E-state index in [2.05, 4.69) is 5.32 Å². The van der Waals surface area contributed by atoms with Crippen molar-refractivity contribution in [3.63, 3.8) is 0 Å². The van der Waals surface area contributed by atoms with Gasteiger partial charge in [-0.05, 0) is 66.8 Å². The lowest BCUT2D eigenvalue weighted by Crippen LogP contribution is -2.22. The molecule has 9 nitrogen and oxygen atoms in total. The molecule has 0 unspecified atom stereocenters. The highest BCUT2D eigenvalue weighted by atomic mass is 31.2. The van der Waals surface area contributed by atoms with Crippen molar-refractivity contribution in [2.45, 2.75) is 47.5 Å². The fourth-order valence-corrected chi connectivity index (χ4v) is 4.88. The zero-order valence-electron chi connectivity index (χ0n) is 24.2. The van der Waals surface area contributed by atoms with Gasteiger partial charge in [0.15, 0.2) is 0 Å². The van der Waals surface area contributed by atoms with Gasteiger partial charge in [-0.15, -0.1) is 0 Å². The second kappa shape index (κ2) is 14.3. The molecule has 3 rings (SSSR count). The summed E-state index contributed by atoms with van der Waals surface area (Å²) in [5, 5.41) is 2.45. The number of pyridine rings is 1. The Labute approximate surface area is 246 Å². The number of carbonyl (C=O) groups excluding carboxylic acids is 1. The van der Waals surface area contributed by atoms with Crippen LogP contribution in [-0.4, -0.2) is 23.7 Å². The Morgan fingerprint density at radius 1 is 0.930 bits per heavy atom. The van der Waals surface area contributed by atoms with Crippen LogP contribution in [0, 0.1) is 24.6 Å². The van der Waals surface area contributed by atoms with E-state index in [9.17, 15) is 31.7 Å². The summed E-state index contributed by atoms with van der Waals surface area (Å²) in [6, 6.07) is 8.14. The number of phosphoric ester groups is 1. The third-order valence-corrected chi connectivity index (χ3v) is 7.01. The normalized spacial score (nSPS) is 12.2. The van der Waals surface area contributed by atoms with E-state index in [1.807, 2.05) is 27.7 Å². The molecule has 43 heavy (non-hydrogen) atoms. The summed E-state index contributed by atoms with van der Waals surface area (Å²) in [5.41, 5.74) is -1.67. The Morgan fingerprint density at radius 3 is 2.14 bits per heavy atom. The fourth-order valence-electron chi connectivity index (χ4n) is 3.43. The Bertz CT molecular complexity index is 1520. The van der Waals surface area contributed by atoms with Gasteiger partial charge in [0, 0.05) is 18.0 Å². The maximum absolute atomic E-state index is 13.5. The van der Waals surface area contributed by atoms with Crippen molar-refractivity contribution in [2.24, 2.45) is 11.8 Å². The Hall–Kier alpha value is -3.51. The first-order valence-corrected chi connectivity index (χ1v) is 14.7. The van der Waals surface area contributed by atoms with E-state index in [1.54, 1.807) is 0 Å². The van der Waals surface area contributed by atoms with Crippen LogP contribution in [0.25, 0.3) is 0 Å². The minimum absolute atomic E-state index is 0.0189. The number of alkyl halides is 3. The predicted molar refractivity (Wildman–Crippen MR) is 152 cm³/mol. The first kappa shape index (κ1) is 34.0. The molecule has 0 saturated carbocycles. The molecule has 0 atom stereocenters. The summed E-state index contributed by atoms with van der Waals surface area (Å²) in [5.74, 6) is -1.74. The molecule has 2 aromatic carbocycles. The summed E-state index contributed by atoms with van der Waals surface area (Å²) in [6.07, 6.45) is -3.46. The number of anilines is 1. The second-order valence-corrected chi connectivity index (χ2v) is 12.2. The van der Waals surface area contributed by atoms with Crippen molar-refractivity contribution < 1.29 is 45.2 Å². The topological polar surface area (TPSA) is 105 Å². The minimum atomic E-state index is -4.72. The van der Waals surface area contributed by atoms with Crippen LogP contribution < -0.4 is 15.6 Å². The van der Waals surface area contributed by atoms with E-state index >= 15 is 0 Å². The first-order chi connectivity index (χ1) is 20.1. The largest absolute Gasteiger partial charge is 0.476 e. The van der Waals surface area contributed by atoms with E-state index in [-0.39, 0.29) is 42.0 Å². The average Bonchev–Trinajstić information content (AvgIpc) is 2.91. The number of nitrogens with zero attached hydrogens (tertiary/aromatic N) is 1. The molecule has 0 saturated heterocycles. The molecule has 234 valence electrons. The molecule has 0 aliphatic rings. The van der Waals surface area contributed by atoms with Gasteiger partial charge in [-0.25, -0.2) is 8.96 Å². The van der Waals surface area contributed by atoms with Crippen molar-refractivity contribution in [3.8, 4) is 11.5 Å². The lowest BCUT2D eigenvalue weighted by Gasteiger charge is -2.20. The Morgan fingerprint density at radius 2 is 1.58 bits per heavy atom. The molecule has 1 aromatic heterocycles. The molecule has 1 heterocycles. The molecule has 3 aromatic rings. The van der Waals surface area contributed by atoms with Crippen molar-refractivity contribution in [1.82, 2.24) is 4.57 Å². The molecule has 14 heteroatoms. The van der Waals surface area contributed by atoms with E-state index < -0.39 is 49.3 Å². The van der Waals surface area contributed by atoms with Crippen LogP contribution in [0.2, 0.25) is 0 Å². The van der Waals surface area contributed by atoms with Gasteiger partial charge in [0.05, 0.1) is 24.3 Å². The monoisotopic (exact) mass is 628 g/mol. The lowest BCUT2D eigenvalue weighted by atomic mass is 10.1. The quantitative estimate of drug-likeness (QED) is 0.152. The third-order valence-electron chi connectivity index (χ3n) is 5.65. The van der Waals surface area contributed by atoms with Crippen molar-refractivity contribution in [1.29, 1.82) is 0 Å². The van der Waals surface area contributed by atoms with Crippen LogP contribution in [0.3, 0.4) is 0 Å². The van der Waals surface area contributed by atoms with Gasteiger partial charge in [0.25, 0.3) is 11.5 Å². The second-order valence-electron chi connectivity index (χ2n) is 10.5. The van der Waals surface area contributed by atoms with Gasteiger partial charge < -0.3 is 10.1 Å². The number of nitrogens with one attached hydrogen (secondary N) is 1. The number of hydrogen-bond donors (Lipinski definition) is 1. The molecular formula is C29H33F4N2O7P. The van der Waals surface area contributed by atoms with E-state index in [0.29, 0.717) is 11.6 Å². The number of aromatic nitrogens is 1. The predicted octanol–water partition coefficient (Wildman–Crippen LogP) is 7.79. The number of amides is 1. The first-order valence-electron chi connectivity index (χ1n) is 13.3. The van der Waals surface area contributed by atoms with Crippen LogP contribution >= 0.6 is 7.82 Å². The van der Waals surface area contributed by atoms with E-state index in [4.69, 9.17) is 18.3 Å². The zero-order chi connectivity index (χ0) is 31.9. The number of halogens is 4. The fraction of sp³-hybridized carbons (Fsp3) is 0.379. The van der Waals surface area contributed by atoms with Gasteiger partial charge in [0.2, 0.25) is 0 Å². The number of benzene rings is 2. The number of aryl methyl sites for hydroxylation is 1. The maximum atomic E-state index is 13.5. The summed E-state index contributed by atoms with van der Waals surface area (Å²) >= 11 is 0. The highest BCUT2D eigenvalue weighted by Crippen LogP contribution is 2.50. The summed E-state index contributed by atoms with van der Waals surface area (Å²) in [4.78, 5) is 25.8. The average molecular weight is 629 g/mol. The van der Waals surface area contributed by atoms with Crippen LogP contribution in [-0.2, 0) is 31.0 Å². The Kier molecular flexibility index (Phi) is 11.3. The lowest BCUT2D eigenvalue weighted by molar-refractivity contribution is -0.137. The van der Waals surface area contributed by atoms with Crippen LogP contribution in [0.15, 0.2) is 59.5 Å². The molecule has 0 radical (unpaired) electrons. The highest BCUT2D eigenvalue weighted by Gasteiger charge is 2.32. The number of hydrogen-bond acceptors (Lipinski definition) is 7. The molecule has 0 spiro atoms.